The molecule has 31 heavy (non-hydrogen) atoms. The molecule has 3 N–H and O–H groups in total. The third-order valence-electron chi connectivity index (χ3n) is 4.67. The van der Waals surface area contributed by atoms with Crippen LogP contribution in [0.1, 0.15) is 55.1 Å². The average Bonchev–Trinajstić information content (AvgIpc) is 2.76. The zero-order valence-electron chi connectivity index (χ0n) is 18.5. The van der Waals surface area contributed by atoms with Gasteiger partial charge in [-0.15, -0.1) is 0 Å². The van der Waals surface area contributed by atoms with Crippen molar-refractivity contribution in [2.45, 2.75) is 52.3 Å². The number of carbonyl (C=O) groups is 3. The minimum atomic E-state index is -0.906. The summed E-state index contributed by atoms with van der Waals surface area (Å²) >= 11 is 0. The molecule has 2 atom stereocenters. The van der Waals surface area contributed by atoms with Gasteiger partial charge in [0.2, 0.25) is 0 Å². The van der Waals surface area contributed by atoms with Crippen molar-refractivity contribution in [3.63, 3.8) is 0 Å². The Morgan fingerprint density at radius 1 is 0.871 bits per heavy atom. The second-order valence-electron chi connectivity index (χ2n) is 7.78. The first kappa shape index (κ1) is 23.9. The van der Waals surface area contributed by atoms with Crippen molar-refractivity contribution in [3.8, 4) is 0 Å². The lowest BCUT2D eigenvalue weighted by Crippen LogP contribution is -2.39. The molecule has 0 heterocycles. The van der Waals surface area contributed by atoms with Crippen LogP contribution >= 0.6 is 0 Å². The van der Waals surface area contributed by atoms with Crippen LogP contribution in [0.3, 0.4) is 0 Å². The highest BCUT2D eigenvalue weighted by Crippen LogP contribution is 2.13. The van der Waals surface area contributed by atoms with E-state index in [1.807, 2.05) is 51.1 Å². The lowest BCUT2D eigenvalue weighted by atomic mass is 10.0. The largest absolute Gasteiger partial charge is 0.449 e. The van der Waals surface area contributed by atoms with E-state index in [2.05, 4.69) is 16.0 Å². The molecule has 0 radical (unpaired) electrons. The molecule has 0 aromatic heterocycles. The Balaban J connectivity index is 1.79. The minimum Gasteiger partial charge on any atom is -0.449 e. The predicted molar refractivity (Wildman–Crippen MR) is 120 cm³/mol. The molecule has 2 aromatic rings. The maximum Gasteiger partial charge on any atom is 0.338 e. The second kappa shape index (κ2) is 11.7. The van der Waals surface area contributed by atoms with Gasteiger partial charge in [-0.1, -0.05) is 49.4 Å². The number of rotatable bonds is 9. The number of esters is 1. The number of nitrogens with one attached hydrogen (secondary N) is 3. The summed E-state index contributed by atoms with van der Waals surface area (Å²) < 4.78 is 5.29. The number of ether oxygens (including phenoxy) is 1. The van der Waals surface area contributed by atoms with E-state index in [9.17, 15) is 14.4 Å². The van der Waals surface area contributed by atoms with Crippen molar-refractivity contribution in [2.24, 2.45) is 0 Å². The third-order valence-corrected chi connectivity index (χ3v) is 4.67. The minimum absolute atomic E-state index is 0.0536. The highest BCUT2D eigenvalue weighted by molar-refractivity contribution is 5.92. The average molecular weight is 426 g/mol. The standard InChI is InChI=1S/C24H31N3O4/c1-16(2)27-24(30)26-15-19-10-12-21(13-11-19)23(29)31-18(4)22(28)25-14-17(3)20-8-6-5-7-9-20/h5-13,16-18H,14-15H2,1-4H3,(H,25,28)(H2,26,27,30)/t17-,18-/m0/s1. The molecule has 0 aliphatic heterocycles. The molecule has 7 heteroatoms. The van der Waals surface area contributed by atoms with Gasteiger partial charge in [0.15, 0.2) is 6.10 Å². The van der Waals surface area contributed by atoms with E-state index in [1.54, 1.807) is 31.2 Å². The van der Waals surface area contributed by atoms with Gasteiger partial charge in [0.05, 0.1) is 5.56 Å². The molecular formula is C24H31N3O4. The highest BCUT2D eigenvalue weighted by atomic mass is 16.5. The number of hydrogen-bond donors (Lipinski definition) is 3. The van der Waals surface area contributed by atoms with E-state index >= 15 is 0 Å². The summed E-state index contributed by atoms with van der Waals surface area (Å²) in [4.78, 5) is 36.3. The summed E-state index contributed by atoms with van der Waals surface area (Å²) in [5.41, 5.74) is 2.31. The summed E-state index contributed by atoms with van der Waals surface area (Å²) in [6.45, 7) is 8.13. The van der Waals surface area contributed by atoms with Crippen molar-refractivity contribution in [2.75, 3.05) is 6.54 Å². The molecule has 0 fully saturated rings. The monoisotopic (exact) mass is 425 g/mol. The fourth-order valence-electron chi connectivity index (χ4n) is 2.83. The maximum atomic E-state index is 12.3. The topological polar surface area (TPSA) is 96.5 Å². The van der Waals surface area contributed by atoms with Crippen LogP contribution in [-0.2, 0) is 16.1 Å². The second-order valence-corrected chi connectivity index (χ2v) is 7.78. The van der Waals surface area contributed by atoms with E-state index in [0.29, 0.717) is 18.7 Å². The third kappa shape index (κ3) is 8.12. The lowest BCUT2D eigenvalue weighted by molar-refractivity contribution is -0.129. The molecule has 2 aromatic carbocycles. The zero-order chi connectivity index (χ0) is 22.8. The Bertz CT molecular complexity index is 866. The van der Waals surface area contributed by atoms with E-state index < -0.39 is 12.1 Å². The first-order chi connectivity index (χ1) is 14.8. The molecule has 0 spiro atoms. The van der Waals surface area contributed by atoms with Crippen LogP contribution in [0.2, 0.25) is 0 Å². The Morgan fingerprint density at radius 2 is 1.52 bits per heavy atom. The highest BCUT2D eigenvalue weighted by Gasteiger charge is 2.19. The Morgan fingerprint density at radius 3 is 2.13 bits per heavy atom. The van der Waals surface area contributed by atoms with Crippen LogP contribution in [0, 0.1) is 0 Å². The van der Waals surface area contributed by atoms with Crippen LogP contribution in [0.5, 0.6) is 0 Å². The van der Waals surface area contributed by atoms with E-state index in [-0.39, 0.29) is 23.9 Å². The van der Waals surface area contributed by atoms with Crippen molar-refractivity contribution in [1.29, 1.82) is 0 Å². The lowest BCUT2D eigenvalue weighted by Gasteiger charge is -2.17. The normalized spacial score (nSPS) is 12.5. The van der Waals surface area contributed by atoms with Crippen LogP contribution in [0.25, 0.3) is 0 Å². The zero-order valence-corrected chi connectivity index (χ0v) is 18.5. The molecule has 0 saturated heterocycles. The van der Waals surface area contributed by atoms with Gasteiger partial charge in [-0.05, 0) is 49.9 Å². The number of carbonyl (C=O) groups excluding carboxylic acids is 3. The van der Waals surface area contributed by atoms with Crippen LogP contribution in [0.15, 0.2) is 54.6 Å². The van der Waals surface area contributed by atoms with Crippen molar-refractivity contribution in [3.05, 3.63) is 71.3 Å². The molecule has 3 amide bonds. The predicted octanol–water partition coefficient (Wildman–Crippen LogP) is 3.36. The van der Waals surface area contributed by atoms with Gasteiger partial charge >= 0.3 is 12.0 Å². The quantitative estimate of drug-likeness (QED) is 0.537. The van der Waals surface area contributed by atoms with Crippen LogP contribution < -0.4 is 16.0 Å². The number of hydrogen-bond acceptors (Lipinski definition) is 4. The molecule has 7 nitrogen and oxygen atoms in total. The Labute approximate surface area is 183 Å². The summed E-state index contributed by atoms with van der Waals surface area (Å²) in [7, 11) is 0. The van der Waals surface area contributed by atoms with Crippen LogP contribution in [-0.4, -0.2) is 36.6 Å². The summed E-state index contributed by atoms with van der Waals surface area (Å²) in [5, 5.41) is 8.31. The first-order valence-corrected chi connectivity index (χ1v) is 10.4. The Hall–Kier alpha value is -3.35. The van der Waals surface area contributed by atoms with Gasteiger partial charge in [-0.3, -0.25) is 4.79 Å². The smallest absolute Gasteiger partial charge is 0.338 e. The summed E-state index contributed by atoms with van der Waals surface area (Å²) in [6, 6.07) is 16.4. The van der Waals surface area contributed by atoms with Crippen LogP contribution in [0.4, 0.5) is 4.79 Å². The SMILES string of the molecule is CC(C)NC(=O)NCc1ccc(C(=O)O[C@@H](C)C(=O)NC[C@H](C)c2ccccc2)cc1. The van der Waals surface area contributed by atoms with Gasteiger partial charge in [0, 0.05) is 19.1 Å². The van der Waals surface area contributed by atoms with Gasteiger partial charge in [0.1, 0.15) is 0 Å². The summed E-state index contributed by atoms with van der Waals surface area (Å²) in [5.74, 6) is -0.763. The van der Waals surface area contributed by atoms with Crippen molar-refractivity contribution in [1.82, 2.24) is 16.0 Å². The molecule has 0 aliphatic rings. The molecule has 2 rings (SSSR count). The number of amides is 3. The molecule has 0 saturated carbocycles. The van der Waals surface area contributed by atoms with Gasteiger partial charge in [0.25, 0.3) is 5.91 Å². The fraction of sp³-hybridized carbons (Fsp3) is 0.375. The molecule has 0 aliphatic carbocycles. The molecule has 0 bridgehead atoms. The van der Waals surface area contributed by atoms with E-state index in [4.69, 9.17) is 4.74 Å². The molecule has 166 valence electrons. The van der Waals surface area contributed by atoms with Gasteiger partial charge in [-0.2, -0.15) is 0 Å². The van der Waals surface area contributed by atoms with E-state index in [1.165, 1.54) is 0 Å². The van der Waals surface area contributed by atoms with Gasteiger partial charge in [-0.25, -0.2) is 9.59 Å². The van der Waals surface area contributed by atoms with Crippen molar-refractivity contribution >= 4 is 17.9 Å². The number of benzene rings is 2. The maximum absolute atomic E-state index is 12.3. The number of urea groups is 1. The molecular weight excluding hydrogens is 394 g/mol. The van der Waals surface area contributed by atoms with Crippen molar-refractivity contribution < 1.29 is 19.1 Å². The molecule has 0 unspecified atom stereocenters. The summed E-state index contributed by atoms with van der Waals surface area (Å²) in [6.07, 6.45) is -0.906. The fourth-order valence-corrected chi connectivity index (χ4v) is 2.83. The van der Waals surface area contributed by atoms with E-state index in [0.717, 1.165) is 11.1 Å². The van der Waals surface area contributed by atoms with Gasteiger partial charge < -0.3 is 20.7 Å². The Kier molecular flexibility index (Phi) is 9.06. The first-order valence-electron chi connectivity index (χ1n) is 10.4.